The largest absolute Gasteiger partial charge is 0.271 e. The maximum Gasteiger partial charge on any atom is 0.0595 e. The first-order chi connectivity index (χ1) is 9.99. The molecule has 1 atom stereocenters. The molecular formula is C17H20Cl2N2. The van der Waals surface area contributed by atoms with Crippen LogP contribution in [0, 0.1) is 13.8 Å². The van der Waals surface area contributed by atoms with Gasteiger partial charge in [-0.3, -0.25) is 11.3 Å². The Labute approximate surface area is 136 Å². The Kier molecular flexibility index (Phi) is 5.65. The van der Waals surface area contributed by atoms with Gasteiger partial charge in [0.05, 0.1) is 10.0 Å². The van der Waals surface area contributed by atoms with Crippen LogP contribution in [0.2, 0.25) is 10.0 Å². The number of nitrogens with two attached hydrogens (primary N) is 1. The van der Waals surface area contributed by atoms with Crippen LogP contribution in [0.15, 0.2) is 36.4 Å². The number of benzene rings is 2. The highest BCUT2D eigenvalue weighted by atomic mass is 35.5. The van der Waals surface area contributed by atoms with Gasteiger partial charge in [0.15, 0.2) is 0 Å². The molecule has 21 heavy (non-hydrogen) atoms. The minimum Gasteiger partial charge on any atom is -0.271 e. The van der Waals surface area contributed by atoms with Crippen LogP contribution in [0.4, 0.5) is 0 Å². The fourth-order valence-corrected chi connectivity index (χ4v) is 2.75. The van der Waals surface area contributed by atoms with Gasteiger partial charge in [0, 0.05) is 6.04 Å². The molecule has 1 unspecified atom stereocenters. The Bertz CT molecular complexity index is 626. The third-order valence-electron chi connectivity index (χ3n) is 3.67. The van der Waals surface area contributed by atoms with Crippen molar-refractivity contribution < 1.29 is 0 Å². The zero-order chi connectivity index (χ0) is 15.4. The van der Waals surface area contributed by atoms with Gasteiger partial charge in [0.25, 0.3) is 0 Å². The Morgan fingerprint density at radius 1 is 1.00 bits per heavy atom. The summed E-state index contributed by atoms with van der Waals surface area (Å²) < 4.78 is 0. The predicted octanol–water partition coefficient (Wildman–Crippen LogP) is 4.23. The van der Waals surface area contributed by atoms with Crippen LogP contribution in [0.25, 0.3) is 0 Å². The number of hydrogen-bond donors (Lipinski definition) is 2. The third-order valence-corrected chi connectivity index (χ3v) is 4.41. The molecule has 0 aliphatic heterocycles. The molecule has 3 N–H and O–H groups in total. The summed E-state index contributed by atoms with van der Waals surface area (Å²) in [5.41, 5.74) is 7.90. The fraction of sp³-hybridized carbons (Fsp3) is 0.294. The van der Waals surface area contributed by atoms with Gasteiger partial charge >= 0.3 is 0 Å². The quantitative estimate of drug-likeness (QED) is 0.638. The van der Waals surface area contributed by atoms with Crippen molar-refractivity contribution in [3.63, 3.8) is 0 Å². The molecule has 112 valence electrons. The summed E-state index contributed by atoms with van der Waals surface area (Å²) in [5, 5.41) is 1.16. The average Bonchev–Trinajstić information content (AvgIpc) is 2.46. The topological polar surface area (TPSA) is 38.0 Å². The molecule has 0 aliphatic rings. The molecular weight excluding hydrogens is 303 g/mol. The summed E-state index contributed by atoms with van der Waals surface area (Å²) in [7, 11) is 0. The highest BCUT2D eigenvalue weighted by molar-refractivity contribution is 6.42. The monoisotopic (exact) mass is 322 g/mol. The highest BCUT2D eigenvalue weighted by Crippen LogP contribution is 2.23. The number of aryl methyl sites for hydroxylation is 2. The summed E-state index contributed by atoms with van der Waals surface area (Å²) >= 11 is 12.0. The smallest absolute Gasteiger partial charge is 0.0595 e. The number of hydrogen-bond acceptors (Lipinski definition) is 2. The second-order valence-corrected chi connectivity index (χ2v) is 6.26. The molecule has 0 aliphatic carbocycles. The van der Waals surface area contributed by atoms with Crippen molar-refractivity contribution in [2.75, 3.05) is 0 Å². The molecule has 0 fully saturated rings. The van der Waals surface area contributed by atoms with Crippen LogP contribution < -0.4 is 11.3 Å². The lowest BCUT2D eigenvalue weighted by Crippen LogP contribution is -2.38. The summed E-state index contributed by atoms with van der Waals surface area (Å²) in [6, 6.07) is 12.4. The van der Waals surface area contributed by atoms with Crippen LogP contribution in [0.5, 0.6) is 0 Å². The second kappa shape index (κ2) is 7.28. The van der Waals surface area contributed by atoms with Gasteiger partial charge in [0.2, 0.25) is 0 Å². The lowest BCUT2D eigenvalue weighted by Gasteiger charge is -2.18. The summed E-state index contributed by atoms with van der Waals surface area (Å²) in [5.74, 6) is 5.72. The standard InChI is InChI=1S/C17H20Cl2N2/c1-11-3-4-12(2)14(7-11)10-15(21-20)8-13-5-6-16(18)17(19)9-13/h3-7,9,15,21H,8,10,20H2,1-2H3. The van der Waals surface area contributed by atoms with E-state index in [1.165, 1.54) is 16.7 Å². The van der Waals surface area contributed by atoms with Crippen molar-refractivity contribution in [1.82, 2.24) is 5.43 Å². The van der Waals surface area contributed by atoms with Crippen LogP contribution >= 0.6 is 23.2 Å². The maximum atomic E-state index is 6.06. The Morgan fingerprint density at radius 3 is 2.43 bits per heavy atom. The van der Waals surface area contributed by atoms with E-state index in [2.05, 4.69) is 37.5 Å². The summed E-state index contributed by atoms with van der Waals surface area (Å²) in [6.07, 6.45) is 1.69. The van der Waals surface area contributed by atoms with Crippen LogP contribution in [-0.2, 0) is 12.8 Å². The second-order valence-electron chi connectivity index (χ2n) is 5.45. The molecule has 0 saturated carbocycles. The Balaban J connectivity index is 2.12. The van der Waals surface area contributed by atoms with E-state index < -0.39 is 0 Å². The van der Waals surface area contributed by atoms with Crippen LogP contribution in [-0.4, -0.2) is 6.04 Å². The number of hydrazine groups is 1. The minimum atomic E-state index is 0.155. The van der Waals surface area contributed by atoms with Gasteiger partial charge in [-0.05, 0) is 55.5 Å². The fourth-order valence-electron chi connectivity index (χ4n) is 2.43. The molecule has 2 aromatic rings. The van der Waals surface area contributed by atoms with Gasteiger partial charge in [0.1, 0.15) is 0 Å². The van der Waals surface area contributed by atoms with Gasteiger partial charge in [-0.15, -0.1) is 0 Å². The zero-order valence-electron chi connectivity index (χ0n) is 12.3. The van der Waals surface area contributed by atoms with Crippen molar-refractivity contribution in [2.45, 2.75) is 32.7 Å². The molecule has 0 radical (unpaired) electrons. The average molecular weight is 323 g/mol. The maximum absolute atomic E-state index is 6.06. The summed E-state index contributed by atoms with van der Waals surface area (Å²) in [4.78, 5) is 0. The van der Waals surface area contributed by atoms with E-state index >= 15 is 0 Å². The first-order valence-electron chi connectivity index (χ1n) is 6.95. The normalized spacial score (nSPS) is 12.4. The van der Waals surface area contributed by atoms with Crippen molar-refractivity contribution >= 4 is 23.2 Å². The lowest BCUT2D eigenvalue weighted by molar-refractivity contribution is 0.521. The molecule has 0 aromatic heterocycles. The van der Waals surface area contributed by atoms with Crippen molar-refractivity contribution in [3.05, 3.63) is 68.7 Å². The molecule has 0 bridgehead atoms. The van der Waals surface area contributed by atoms with E-state index in [0.29, 0.717) is 10.0 Å². The van der Waals surface area contributed by atoms with Crippen LogP contribution in [0.3, 0.4) is 0 Å². The van der Waals surface area contributed by atoms with Crippen molar-refractivity contribution in [3.8, 4) is 0 Å². The first kappa shape index (κ1) is 16.3. The third kappa shape index (κ3) is 4.45. The number of nitrogens with one attached hydrogen (secondary N) is 1. The van der Waals surface area contributed by atoms with E-state index in [-0.39, 0.29) is 6.04 Å². The van der Waals surface area contributed by atoms with E-state index in [1.807, 2.05) is 18.2 Å². The highest BCUT2D eigenvalue weighted by Gasteiger charge is 2.11. The van der Waals surface area contributed by atoms with E-state index in [0.717, 1.165) is 18.4 Å². The SMILES string of the molecule is Cc1ccc(C)c(CC(Cc2ccc(Cl)c(Cl)c2)NN)c1. The number of halogens is 2. The van der Waals surface area contributed by atoms with E-state index in [1.54, 1.807) is 0 Å². The molecule has 4 heteroatoms. The van der Waals surface area contributed by atoms with Gasteiger partial charge in [-0.25, -0.2) is 0 Å². The van der Waals surface area contributed by atoms with E-state index in [4.69, 9.17) is 29.0 Å². The van der Waals surface area contributed by atoms with Gasteiger partial charge in [-0.1, -0.05) is 53.0 Å². The predicted molar refractivity (Wildman–Crippen MR) is 90.9 cm³/mol. The minimum absolute atomic E-state index is 0.155. The molecule has 0 saturated heterocycles. The zero-order valence-corrected chi connectivity index (χ0v) is 13.8. The van der Waals surface area contributed by atoms with Crippen molar-refractivity contribution in [1.29, 1.82) is 0 Å². The molecule has 0 heterocycles. The van der Waals surface area contributed by atoms with Crippen molar-refractivity contribution in [2.24, 2.45) is 5.84 Å². The Hall–Kier alpha value is -1.06. The molecule has 2 rings (SSSR count). The first-order valence-corrected chi connectivity index (χ1v) is 7.71. The molecule has 2 nitrogen and oxygen atoms in total. The van der Waals surface area contributed by atoms with Crippen LogP contribution in [0.1, 0.15) is 22.3 Å². The summed E-state index contributed by atoms with van der Waals surface area (Å²) in [6.45, 7) is 4.23. The molecule has 0 amide bonds. The lowest BCUT2D eigenvalue weighted by atomic mass is 9.95. The molecule has 2 aromatic carbocycles. The van der Waals surface area contributed by atoms with E-state index in [9.17, 15) is 0 Å². The van der Waals surface area contributed by atoms with Gasteiger partial charge in [-0.2, -0.15) is 0 Å². The molecule has 0 spiro atoms. The van der Waals surface area contributed by atoms with Gasteiger partial charge < -0.3 is 0 Å². The Morgan fingerprint density at radius 2 is 1.76 bits per heavy atom. The number of rotatable bonds is 5.